The van der Waals surface area contributed by atoms with Gasteiger partial charge in [-0.25, -0.2) is 0 Å². The van der Waals surface area contributed by atoms with Crippen LogP contribution in [0.15, 0.2) is 18.2 Å². The van der Waals surface area contributed by atoms with Crippen molar-refractivity contribution in [2.45, 2.75) is 38.6 Å². The number of phenolic OH excluding ortho intramolecular Hbond substituents is 1. The van der Waals surface area contributed by atoms with Crippen molar-refractivity contribution in [1.29, 1.82) is 0 Å². The van der Waals surface area contributed by atoms with E-state index < -0.39 is 0 Å². The molecule has 0 bridgehead atoms. The standard InChI is InChI=1S/C14H17NO3/c1-9-8-12(17)6-7-13(9)14(18)15-10-2-4-11(16)5-3-10/h6-8,10,17H,2-5H2,1H3,(H,15,18). The number of nitrogens with one attached hydrogen (secondary N) is 1. The highest BCUT2D eigenvalue weighted by Gasteiger charge is 2.21. The molecular weight excluding hydrogens is 230 g/mol. The van der Waals surface area contributed by atoms with Gasteiger partial charge in [-0.05, 0) is 43.5 Å². The summed E-state index contributed by atoms with van der Waals surface area (Å²) in [4.78, 5) is 23.2. The molecule has 2 N–H and O–H groups in total. The molecule has 2 rings (SSSR count). The summed E-state index contributed by atoms with van der Waals surface area (Å²) < 4.78 is 0. The number of carbonyl (C=O) groups excluding carboxylic acids is 2. The summed E-state index contributed by atoms with van der Waals surface area (Å²) in [5.74, 6) is 0.306. The third kappa shape index (κ3) is 2.88. The second-order valence-corrected chi connectivity index (χ2v) is 4.79. The van der Waals surface area contributed by atoms with Gasteiger partial charge in [0.05, 0.1) is 0 Å². The van der Waals surface area contributed by atoms with Crippen molar-refractivity contribution in [1.82, 2.24) is 5.32 Å². The fraction of sp³-hybridized carbons (Fsp3) is 0.429. The first-order valence-electron chi connectivity index (χ1n) is 6.18. The smallest absolute Gasteiger partial charge is 0.251 e. The molecule has 0 atom stereocenters. The predicted octanol–water partition coefficient (Wildman–Crippen LogP) is 1.94. The Bertz CT molecular complexity index is 472. The number of Topliss-reactive ketones (excluding diaryl/α,β-unsaturated/α-hetero) is 1. The number of aryl methyl sites for hydroxylation is 1. The minimum Gasteiger partial charge on any atom is -0.508 e. The van der Waals surface area contributed by atoms with E-state index in [4.69, 9.17) is 0 Å². The number of carbonyl (C=O) groups is 2. The number of hydrogen-bond donors (Lipinski definition) is 2. The molecule has 1 saturated carbocycles. The van der Waals surface area contributed by atoms with E-state index in [0.717, 1.165) is 18.4 Å². The Morgan fingerprint density at radius 1 is 1.33 bits per heavy atom. The second kappa shape index (κ2) is 5.21. The van der Waals surface area contributed by atoms with Crippen LogP contribution in [0.2, 0.25) is 0 Å². The van der Waals surface area contributed by atoms with Crippen LogP contribution in [0.1, 0.15) is 41.6 Å². The largest absolute Gasteiger partial charge is 0.508 e. The normalized spacial score (nSPS) is 16.6. The van der Waals surface area contributed by atoms with Gasteiger partial charge in [-0.2, -0.15) is 0 Å². The zero-order valence-electron chi connectivity index (χ0n) is 10.4. The molecule has 96 valence electrons. The van der Waals surface area contributed by atoms with Crippen LogP contribution >= 0.6 is 0 Å². The lowest BCUT2D eigenvalue weighted by atomic mass is 9.94. The number of benzene rings is 1. The first kappa shape index (κ1) is 12.6. The third-order valence-corrected chi connectivity index (χ3v) is 3.33. The summed E-state index contributed by atoms with van der Waals surface area (Å²) in [6.07, 6.45) is 2.56. The Hall–Kier alpha value is -1.84. The Kier molecular flexibility index (Phi) is 3.65. The summed E-state index contributed by atoms with van der Waals surface area (Å²) in [7, 11) is 0. The summed E-state index contributed by atoms with van der Waals surface area (Å²) in [5.41, 5.74) is 1.32. The lowest BCUT2D eigenvalue weighted by molar-refractivity contribution is -0.120. The monoisotopic (exact) mass is 247 g/mol. The first-order valence-corrected chi connectivity index (χ1v) is 6.18. The van der Waals surface area contributed by atoms with Crippen LogP contribution in [0.5, 0.6) is 5.75 Å². The Morgan fingerprint density at radius 3 is 2.61 bits per heavy atom. The molecule has 1 aromatic rings. The van der Waals surface area contributed by atoms with Gasteiger partial charge in [0.15, 0.2) is 0 Å². The Morgan fingerprint density at radius 2 is 2.00 bits per heavy atom. The van der Waals surface area contributed by atoms with Gasteiger partial charge in [-0.15, -0.1) is 0 Å². The van der Waals surface area contributed by atoms with Gasteiger partial charge in [0.2, 0.25) is 0 Å². The van der Waals surface area contributed by atoms with Crippen LogP contribution in [-0.4, -0.2) is 22.8 Å². The van der Waals surface area contributed by atoms with Crippen molar-refractivity contribution in [2.24, 2.45) is 0 Å². The molecule has 1 aliphatic carbocycles. The van der Waals surface area contributed by atoms with Crippen LogP contribution in [-0.2, 0) is 4.79 Å². The van der Waals surface area contributed by atoms with Gasteiger partial charge in [0, 0.05) is 24.4 Å². The van der Waals surface area contributed by atoms with Gasteiger partial charge >= 0.3 is 0 Å². The second-order valence-electron chi connectivity index (χ2n) is 4.79. The molecule has 0 unspecified atom stereocenters. The molecule has 1 aliphatic rings. The van der Waals surface area contributed by atoms with E-state index in [1.54, 1.807) is 19.1 Å². The molecule has 0 spiro atoms. The maximum atomic E-state index is 12.0. The quantitative estimate of drug-likeness (QED) is 0.839. The van der Waals surface area contributed by atoms with Gasteiger partial charge in [-0.3, -0.25) is 9.59 Å². The molecule has 1 aromatic carbocycles. The summed E-state index contributed by atoms with van der Waals surface area (Å²) in [6, 6.07) is 4.78. The van der Waals surface area contributed by atoms with Crippen LogP contribution in [0.25, 0.3) is 0 Å². The number of rotatable bonds is 2. The van der Waals surface area contributed by atoms with Gasteiger partial charge in [0.1, 0.15) is 11.5 Å². The van der Waals surface area contributed by atoms with Crippen LogP contribution in [0.4, 0.5) is 0 Å². The molecule has 0 saturated heterocycles. The number of phenols is 1. The molecule has 1 fully saturated rings. The van der Waals surface area contributed by atoms with Crippen molar-refractivity contribution in [3.05, 3.63) is 29.3 Å². The van der Waals surface area contributed by atoms with E-state index >= 15 is 0 Å². The summed E-state index contributed by atoms with van der Waals surface area (Å²) >= 11 is 0. The number of aromatic hydroxyl groups is 1. The fourth-order valence-electron chi connectivity index (χ4n) is 2.25. The number of hydrogen-bond acceptors (Lipinski definition) is 3. The highest BCUT2D eigenvalue weighted by Crippen LogP contribution is 2.18. The van der Waals surface area contributed by atoms with Crippen LogP contribution < -0.4 is 5.32 Å². The topological polar surface area (TPSA) is 66.4 Å². The summed E-state index contributed by atoms with van der Waals surface area (Å²) in [6.45, 7) is 1.79. The molecule has 1 amide bonds. The molecule has 0 radical (unpaired) electrons. The molecule has 0 aliphatic heterocycles. The zero-order chi connectivity index (χ0) is 13.1. The maximum Gasteiger partial charge on any atom is 0.251 e. The van der Waals surface area contributed by atoms with Gasteiger partial charge < -0.3 is 10.4 Å². The van der Waals surface area contributed by atoms with E-state index in [-0.39, 0.29) is 23.5 Å². The molecule has 18 heavy (non-hydrogen) atoms. The highest BCUT2D eigenvalue weighted by molar-refractivity contribution is 5.96. The van der Waals surface area contributed by atoms with E-state index in [2.05, 4.69) is 5.32 Å². The minimum atomic E-state index is -0.133. The molecule has 0 aromatic heterocycles. The van der Waals surface area contributed by atoms with Crippen molar-refractivity contribution in [3.8, 4) is 5.75 Å². The lowest BCUT2D eigenvalue weighted by Crippen LogP contribution is -2.37. The fourth-order valence-corrected chi connectivity index (χ4v) is 2.25. The highest BCUT2D eigenvalue weighted by atomic mass is 16.3. The maximum absolute atomic E-state index is 12.0. The van der Waals surface area contributed by atoms with Crippen LogP contribution in [0.3, 0.4) is 0 Å². The van der Waals surface area contributed by atoms with Gasteiger partial charge in [-0.1, -0.05) is 0 Å². The van der Waals surface area contributed by atoms with E-state index in [9.17, 15) is 14.7 Å². The van der Waals surface area contributed by atoms with E-state index in [1.165, 1.54) is 6.07 Å². The molecule has 4 heteroatoms. The zero-order valence-corrected chi connectivity index (χ0v) is 10.4. The molecule has 0 heterocycles. The van der Waals surface area contributed by atoms with Crippen molar-refractivity contribution >= 4 is 11.7 Å². The first-order chi connectivity index (χ1) is 8.56. The van der Waals surface area contributed by atoms with Crippen molar-refractivity contribution < 1.29 is 14.7 Å². The average molecular weight is 247 g/mol. The molecular formula is C14H17NO3. The number of amides is 1. The number of ketones is 1. The lowest BCUT2D eigenvalue weighted by Gasteiger charge is -2.22. The Labute approximate surface area is 106 Å². The SMILES string of the molecule is Cc1cc(O)ccc1C(=O)NC1CCC(=O)CC1. The predicted molar refractivity (Wildman–Crippen MR) is 67.6 cm³/mol. The third-order valence-electron chi connectivity index (χ3n) is 3.33. The van der Waals surface area contributed by atoms with Gasteiger partial charge in [0.25, 0.3) is 5.91 Å². The molecule has 4 nitrogen and oxygen atoms in total. The van der Waals surface area contributed by atoms with Crippen LogP contribution in [0, 0.1) is 6.92 Å². The average Bonchev–Trinajstić information content (AvgIpc) is 2.32. The van der Waals surface area contributed by atoms with E-state index in [1.807, 2.05) is 0 Å². The summed E-state index contributed by atoms with van der Waals surface area (Å²) in [5, 5.41) is 12.2. The Balaban J connectivity index is 2.01. The van der Waals surface area contributed by atoms with Crippen molar-refractivity contribution in [2.75, 3.05) is 0 Å². The van der Waals surface area contributed by atoms with E-state index in [0.29, 0.717) is 18.4 Å². The minimum absolute atomic E-state index is 0.0865. The van der Waals surface area contributed by atoms with Crippen molar-refractivity contribution in [3.63, 3.8) is 0 Å².